The van der Waals surface area contributed by atoms with Gasteiger partial charge in [-0.15, -0.1) is 0 Å². The molecule has 1 heterocycles. The molecule has 0 aliphatic heterocycles. The minimum absolute atomic E-state index is 0.0404. The highest BCUT2D eigenvalue weighted by Crippen LogP contribution is 2.25. The number of carbonyl (C=O) groups is 1. The number of halogens is 1. The van der Waals surface area contributed by atoms with Gasteiger partial charge in [-0.1, -0.05) is 11.6 Å². The number of rotatable bonds is 6. The first-order chi connectivity index (χ1) is 10.9. The van der Waals surface area contributed by atoms with Gasteiger partial charge in [-0.2, -0.15) is 0 Å². The zero-order valence-electron chi connectivity index (χ0n) is 13.7. The number of carbonyl (C=O) groups excluding carboxylic acids is 1. The van der Waals surface area contributed by atoms with E-state index in [9.17, 15) is 4.79 Å². The lowest BCUT2D eigenvalue weighted by Crippen LogP contribution is -2.34. The van der Waals surface area contributed by atoms with Crippen molar-refractivity contribution in [1.29, 1.82) is 0 Å². The first-order valence-corrected chi connectivity index (χ1v) is 7.64. The molecule has 0 spiro atoms. The molecule has 6 heteroatoms. The number of aryl methyl sites for hydroxylation is 1. The van der Waals surface area contributed by atoms with Crippen LogP contribution >= 0.6 is 11.6 Å². The zero-order chi connectivity index (χ0) is 17.0. The Morgan fingerprint density at radius 2 is 2.09 bits per heavy atom. The molecule has 0 saturated carbocycles. The second kappa shape index (κ2) is 7.53. The summed E-state index contributed by atoms with van der Waals surface area (Å²) >= 11 is 6.06. The highest BCUT2D eigenvalue weighted by molar-refractivity contribution is 6.32. The molecular weight excluding hydrogens is 316 g/mol. The molecule has 1 aromatic carbocycles. The molecule has 1 atom stereocenters. The molecule has 1 aromatic heterocycles. The molecule has 0 bridgehead atoms. The standard InChI is InChI=1S/C17H21ClN2O3/c1-11-5-7-16(23-11)14(20(2)3)10-19-17(21)12-6-8-15(22-4)13(18)9-12/h5-9,14H,10H2,1-4H3,(H,19,21). The summed E-state index contributed by atoms with van der Waals surface area (Å²) in [7, 11) is 5.42. The van der Waals surface area contributed by atoms with Crippen LogP contribution in [0.5, 0.6) is 5.75 Å². The van der Waals surface area contributed by atoms with Crippen LogP contribution in [-0.2, 0) is 0 Å². The molecule has 1 N–H and O–H groups in total. The summed E-state index contributed by atoms with van der Waals surface area (Å²) in [5.41, 5.74) is 0.490. The van der Waals surface area contributed by atoms with Gasteiger partial charge >= 0.3 is 0 Å². The molecule has 2 rings (SSSR count). The summed E-state index contributed by atoms with van der Waals surface area (Å²) in [5, 5.41) is 3.32. The average Bonchev–Trinajstić information content (AvgIpc) is 2.93. The van der Waals surface area contributed by atoms with Crippen LogP contribution in [0.25, 0.3) is 0 Å². The van der Waals surface area contributed by atoms with Crippen molar-refractivity contribution in [2.24, 2.45) is 0 Å². The predicted molar refractivity (Wildman–Crippen MR) is 90.2 cm³/mol. The van der Waals surface area contributed by atoms with Crippen molar-refractivity contribution in [3.05, 3.63) is 52.4 Å². The molecule has 0 saturated heterocycles. The van der Waals surface area contributed by atoms with Crippen LogP contribution in [0.3, 0.4) is 0 Å². The Morgan fingerprint density at radius 1 is 1.35 bits per heavy atom. The Hall–Kier alpha value is -1.98. The Labute approximate surface area is 141 Å². The maximum absolute atomic E-state index is 12.3. The Bertz CT molecular complexity index is 682. The minimum atomic E-state index is -0.190. The molecule has 0 fully saturated rings. The minimum Gasteiger partial charge on any atom is -0.495 e. The number of methoxy groups -OCH3 is 1. The Morgan fingerprint density at radius 3 is 2.61 bits per heavy atom. The van der Waals surface area contributed by atoms with Crippen LogP contribution in [0.2, 0.25) is 5.02 Å². The van der Waals surface area contributed by atoms with Crippen LogP contribution in [0.15, 0.2) is 34.7 Å². The number of hydrogen-bond acceptors (Lipinski definition) is 4. The number of amides is 1. The Kier molecular flexibility index (Phi) is 5.69. The van der Waals surface area contributed by atoms with Crippen LogP contribution < -0.4 is 10.1 Å². The van der Waals surface area contributed by atoms with Gasteiger partial charge in [0.2, 0.25) is 0 Å². The van der Waals surface area contributed by atoms with Gasteiger partial charge in [-0.25, -0.2) is 0 Å². The van der Waals surface area contributed by atoms with E-state index in [0.29, 0.717) is 22.9 Å². The molecule has 1 unspecified atom stereocenters. The highest BCUT2D eigenvalue weighted by atomic mass is 35.5. The van der Waals surface area contributed by atoms with E-state index in [1.54, 1.807) is 18.2 Å². The smallest absolute Gasteiger partial charge is 0.251 e. The monoisotopic (exact) mass is 336 g/mol. The van der Waals surface area contributed by atoms with Crippen molar-refractivity contribution >= 4 is 17.5 Å². The number of nitrogens with one attached hydrogen (secondary N) is 1. The van der Waals surface area contributed by atoms with E-state index < -0.39 is 0 Å². The first-order valence-electron chi connectivity index (χ1n) is 7.27. The van der Waals surface area contributed by atoms with Gasteiger partial charge in [-0.3, -0.25) is 9.69 Å². The number of hydrogen-bond donors (Lipinski definition) is 1. The number of nitrogens with zero attached hydrogens (tertiary/aromatic N) is 1. The lowest BCUT2D eigenvalue weighted by molar-refractivity contribution is 0.0939. The molecule has 1 amide bonds. The Balaban J connectivity index is 2.06. The second-order valence-corrected chi connectivity index (χ2v) is 5.89. The fraction of sp³-hybridized carbons (Fsp3) is 0.353. The van der Waals surface area contributed by atoms with Gasteiger partial charge in [0.15, 0.2) is 0 Å². The summed E-state index contributed by atoms with van der Waals surface area (Å²) in [6, 6.07) is 8.75. The van der Waals surface area contributed by atoms with Crippen molar-refractivity contribution in [3.8, 4) is 5.75 Å². The van der Waals surface area contributed by atoms with Crippen molar-refractivity contribution in [2.45, 2.75) is 13.0 Å². The number of benzene rings is 1. The molecular formula is C17H21ClN2O3. The van der Waals surface area contributed by atoms with Crippen LogP contribution in [0.1, 0.15) is 27.9 Å². The van der Waals surface area contributed by atoms with Crippen LogP contribution in [0, 0.1) is 6.92 Å². The molecule has 0 radical (unpaired) electrons. The lowest BCUT2D eigenvalue weighted by atomic mass is 10.1. The number of ether oxygens (including phenoxy) is 1. The average molecular weight is 337 g/mol. The number of furan rings is 1. The zero-order valence-corrected chi connectivity index (χ0v) is 14.5. The molecule has 23 heavy (non-hydrogen) atoms. The fourth-order valence-electron chi connectivity index (χ4n) is 2.27. The van der Waals surface area contributed by atoms with Gasteiger partial charge in [-0.05, 0) is 51.4 Å². The first kappa shape index (κ1) is 17.4. The quantitative estimate of drug-likeness (QED) is 0.879. The lowest BCUT2D eigenvalue weighted by Gasteiger charge is -2.22. The fourth-order valence-corrected chi connectivity index (χ4v) is 2.53. The van der Waals surface area contributed by atoms with Crippen molar-refractivity contribution in [2.75, 3.05) is 27.7 Å². The van der Waals surface area contributed by atoms with E-state index in [2.05, 4.69) is 5.32 Å². The third kappa shape index (κ3) is 4.27. The summed E-state index contributed by atoms with van der Waals surface area (Å²) in [6.07, 6.45) is 0. The van der Waals surface area contributed by atoms with Gasteiger partial charge in [0.05, 0.1) is 18.2 Å². The molecule has 2 aromatic rings. The molecule has 0 aliphatic rings. The summed E-state index contributed by atoms with van der Waals surface area (Å²) < 4.78 is 10.8. The van der Waals surface area contributed by atoms with E-state index in [0.717, 1.165) is 11.5 Å². The normalized spacial score (nSPS) is 12.3. The maximum Gasteiger partial charge on any atom is 0.251 e. The molecule has 124 valence electrons. The van der Waals surface area contributed by atoms with E-state index in [4.69, 9.17) is 20.8 Å². The summed E-state index contributed by atoms with van der Waals surface area (Å²) in [4.78, 5) is 14.3. The summed E-state index contributed by atoms with van der Waals surface area (Å²) in [5.74, 6) is 2.02. The predicted octanol–water partition coefficient (Wildman–Crippen LogP) is 3.28. The van der Waals surface area contributed by atoms with Crippen molar-refractivity contribution < 1.29 is 13.9 Å². The molecule has 0 aliphatic carbocycles. The van der Waals surface area contributed by atoms with Gasteiger partial charge in [0.1, 0.15) is 17.3 Å². The van der Waals surface area contributed by atoms with Crippen LogP contribution in [-0.4, -0.2) is 38.6 Å². The van der Waals surface area contributed by atoms with Crippen LogP contribution in [0.4, 0.5) is 0 Å². The van der Waals surface area contributed by atoms with Gasteiger partial charge in [0, 0.05) is 12.1 Å². The van der Waals surface area contributed by atoms with E-state index in [1.165, 1.54) is 7.11 Å². The van der Waals surface area contributed by atoms with Crippen molar-refractivity contribution in [1.82, 2.24) is 10.2 Å². The topological polar surface area (TPSA) is 54.7 Å². The SMILES string of the molecule is COc1ccc(C(=O)NCC(c2ccc(C)o2)N(C)C)cc1Cl. The van der Waals surface area contributed by atoms with Gasteiger partial charge in [0.25, 0.3) is 5.91 Å². The summed E-state index contributed by atoms with van der Waals surface area (Å²) in [6.45, 7) is 2.33. The highest BCUT2D eigenvalue weighted by Gasteiger charge is 2.19. The number of likely N-dealkylation sites (N-methyl/N-ethyl adjacent to an activating group) is 1. The largest absolute Gasteiger partial charge is 0.495 e. The molecule has 5 nitrogen and oxygen atoms in total. The second-order valence-electron chi connectivity index (χ2n) is 5.49. The third-order valence-electron chi connectivity index (χ3n) is 3.58. The maximum atomic E-state index is 12.3. The van der Waals surface area contributed by atoms with Crippen molar-refractivity contribution in [3.63, 3.8) is 0 Å². The van der Waals surface area contributed by atoms with E-state index in [1.807, 2.05) is 38.1 Å². The van der Waals surface area contributed by atoms with E-state index in [-0.39, 0.29) is 11.9 Å². The van der Waals surface area contributed by atoms with Gasteiger partial charge < -0.3 is 14.5 Å². The third-order valence-corrected chi connectivity index (χ3v) is 3.88. The van der Waals surface area contributed by atoms with E-state index >= 15 is 0 Å².